The molecule has 0 bridgehead atoms. The number of rotatable bonds is 6. The Kier molecular flexibility index (Phi) is 4.95. The fourth-order valence-corrected chi connectivity index (χ4v) is 2.04. The molecule has 3 nitrogen and oxygen atoms in total. The summed E-state index contributed by atoms with van der Waals surface area (Å²) in [5.41, 5.74) is 0. The van der Waals surface area contributed by atoms with Crippen LogP contribution in [0.3, 0.4) is 0 Å². The molecule has 0 radical (unpaired) electrons. The van der Waals surface area contributed by atoms with Crippen molar-refractivity contribution < 1.29 is 22.4 Å². The number of alkyl halides is 4. The van der Waals surface area contributed by atoms with E-state index in [1.807, 2.05) is 6.92 Å². The summed E-state index contributed by atoms with van der Waals surface area (Å²) in [5.74, 6) is -4.68. The Bertz CT molecular complexity index is 299. The van der Waals surface area contributed by atoms with E-state index >= 15 is 0 Å². The topological polar surface area (TPSA) is 32.3 Å². The van der Waals surface area contributed by atoms with E-state index < -0.39 is 37.0 Å². The lowest BCUT2D eigenvalue weighted by Gasteiger charge is -2.27. The van der Waals surface area contributed by atoms with E-state index in [2.05, 4.69) is 5.32 Å². The molecule has 0 aromatic rings. The first-order chi connectivity index (χ1) is 8.33. The van der Waals surface area contributed by atoms with Crippen LogP contribution < -0.4 is 5.32 Å². The molecule has 0 spiro atoms. The van der Waals surface area contributed by atoms with Crippen LogP contribution in [0.15, 0.2) is 0 Å². The van der Waals surface area contributed by atoms with Crippen molar-refractivity contribution in [3.63, 3.8) is 0 Å². The molecule has 0 saturated carbocycles. The van der Waals surface area contributed by atoms with Crippen LogP contribution in [0.2, 0.25) is 0 Å². The lowest BCUT2D eigenvalue weighted by molar-refractivity contribution is -0.157. The number of carbonyl (C=O) groups is 1. The summed E-state index contributed by atoms with van der Waals surface area (Å²) >= 11 is 0. The van der Waals surface area contributed by atoms with Gasteiger partial charge in [0.15, 0.2) is 0 Å². The van der Waals surface area contributed by atoms with Crippen LogP contribution in [0.4, 0.5) is 17.6 Å². The Morgan fingerprint density at radius 3 is 2.44 bits per heavy atom. The third-order valence-electron chi connectivity index (χ3n) is 3.02. The standard InChI is InChI=1S/C11H18F4N2O/c1-3-5-8-16-7(4-2)9(18)17(8)6-11(14,15)10(12)13/h7-8,10,16H,3-6H2,1-2H3. The van der Waals surface area contributed by atoms with Gasteiger partial charge in [0.25, 0.3) is 0 Å². The zero-order valence-electron chi connectivity index (χ0n) is 10.4. The molecule has 2 unspecified atom stereocenters. The van der Waals surface area contributed by atoms with Gasteiger partial charge in [-0.25, -0.2) is 8.78 Å². The fraction of sp³-hybridized carbons (Fsp3) is 0.909. The van der Waals surface area contributed by atoms with Crippen LogP contribution in [-0.4, -0.2) is 41.9 Å². The average molecular weight is 270 g/mol. The van der Waals surface area contributed by atoms with Crippen molar-refractivity contribution in [3.8, 4) is 0 Å². The van der Waals surface area contributed by atoms with E-state index in [9.17, 15) is 22.4 Å². The molecule has 1 aliphatic heterocycles. The van der Waals surface area contributed by atoms with Gasteiger partial charge in [0, 0.05) is 0 Å². The molecule has 18 heavy (non-hydrogen) atoms. The highest BCUT2D eigenvalue weighted by atomic mass is 19.3. The van der Waals surface area contributed by atoms with Gasteiger partial charge in [0.05, 0.1) is 18.8 Å². The van der Waals surface area contributed by atoms with Gasteiger partial charge in [-0.05, 0) is 12.8 Å². The predicted octanol–water partition coefficient (Wildman–Crippen LogP) is 2.22. The van der Waals surface area contributed by atoms with Gasteiger partial charge in [-0.15, -0.1) is 0 Å². The first kappa shape index (κ1) is 15.2. The van der Waals surface area contributed by atoms with Crippen LogP contribution in [0.25, 0.3) is 0 Å². The molecule has 1 fully saturated rings. The van der Waals surface area contributed by atoms with E-state index in [1.54, 1.807) is 6.92 Å². The van der Waals surface area contributed by atoms with E-state index in [0.29, 0.717) is 19.3 Å². The number of hydrogen-bond donors (Lipinski definition) is 1. The normalized spacial score (nSPS) is 25.3. The highest BCUT2D eigenvalue weighted by molar-refractivity contribution is 5.84. The van der Waals surface area contributed by atoms with Gasteiger partial charge in [0.2, 0.25) is 5.91 Å². The first-order valence-electron chi connectivity index (χ1n) is 6.06. The molecule has 2 atom stereocenters. The van der Waals surface area contributed by atoms with Gasteiger partial charge in [0.1, 0.15) is 0 Å². The van der Waals surface area contributed by atoms with Crippen LogP contribution in [0.1, 0.15) is 33.1 Å². The van der Waals surface area contributed by atoms with Gasteiger partial charge in [-0.2, -0.15) is 8.78 Å². The highest BCUT2D eigenvalue weighted by Gasteiger charge is 2.48. The van der Waals surface area contributed by atoms with Crippen LogP contribution in [0, 0.1) is 0 Å². The molecule has 1 rings (SSSR count). The van der Waals surface area contributed by atoms with Gasteiger partial charge >= 0.3 is 12.3 Å². The SMILES string of the molecule is CCCC1NC(CC)C(=O)N1CC(F)(F)C(F)F. The molecule has 1 amide bonds. The van der Waals surface area contributed by atoms with Gasteiger partial charge in [-0.1, -0.05) is 20.3 Å². The Balaban J connectivity index is 2.79. The summed E-state index contributed by atoms with van der Waals surface area (Å²) in [6.45, 7) is 2.36. The highest BCUT2D eigenvalue weighted by Crippen LogP contribution is 2.27. The van der Waals surface area contributed by atoms with Gasteiger partial charge < -0.3 is 4.90 Å². The third-order valence-corrected chi connectivity index (χ3v) is 3.02. The summed E-state index contributed by atoms with van der Waals surface area (Å²) < 4.78 is 50.4. The molecule has 7 heteroatoms. The van der Waals surface area contributed by atoms with Crippen molar-refractivity contribution in [1.82, 2.24) is 10.2 Å². The van der Waals surface area contributed by atoms with Crippen molar-refractivity contribution in [2.45, 2.75) is 57.7 Å². The minimum absolute atomic E-state index is 0.454. The van der Waals surface area contributed by atoms with E-state index in [-0.39, 0.29) is 0 Å². The Hall–Kier alpha value is -0.850. The summed E-state index contributed by atoms with van der Waals surface area (Å²) in [4.78, 5) is 12.7. The van der Waals surface area contributed by atoms with Crippen LogP contribution in [0.5, 0.6) is 0 Å². The monoisotopic (exact) mass is 270 g/mol. The molecule has 106 valence electrons. The third kappa shape index (κ3) is 3.13. The smallest absolute Gasteiger partial charge is 0.320 e. The number of carbonyl (C=O) groups excluding carboxylic acids is 1. The first-order valence-corrected chi connectivity index (χ1v) is 6.06. The Morgan fingerprint density at radius 1 is 1.39 bits per heavy atom. The quantitative estimate of drug-likeness (QED) is 0.751. The number of halogens is 4. The van der Waals surface area contributed by atoms with Crippen molar-refractivity contribution in [2.24, 2.45) is 0 Å². The van der Waals surface area contributed by atoms with E-state index in [4.69, 9.17) is 0 Å². The average Bonchev–Trinajstić information content (AvgIpc) is 2.57. The molecule has 0 aliphatic carbocycles. The number of amides is 1. The second-order valence-electron chi connectivity index (χ2n) is 4.46. The van der Waals surface area contributed by atoms with Crippen LogP contribution in [-0.2, 0) is 4.79 Å². The fourth-order valence-electron chi connectivity index (χ4n) is 2.04. The molecule has 0 aromatic carbocycles. The minimum atomic E-state index is -4.16. The predicted molar refractivity (Wildman–Crippen MR) is 58.6 cm³/mol. The minimum Gasteiger partial charge on any atom is -0.320 e. The van der Waals surface area contributed by atoms with Crippen LogP contribution >= 0.6 is 0 Å². The number of hydrogen-bond acceptors (Lipinski definition) is 2. The summed E-state index contributed by atoms with van der Waals surface area (Å²) in [6.07, 6.45) is -2.72. The van der Waals surface area contributed by atoms with E-state index in [1.165, 1.54) is 0 Å². The second-order valence-corrected chi connectivity index (χ2v) is 4.46. The largest absolute Gasteiger partial charge is 0.324 e. The maximum Gasteiger partial charge on any atom is 0.324 e. The molecule has 1 saturated heterocycles. The zero-order valence-corrected chi connectivity index (χ0v) is 10.4. The number of nitrogens with zero attached hydrogens (tertiary/aromatic N) is 1. The summed E-state index contributed by atoms with van der Waals surface area (Å²) in [7, 11) is 0. The molecule has 1 aliphatic rings. The lowest BCUT2D eigenvalue weighted by Crippen LogP contribution is -2.47. The Labute approximate surface area is 104 Å². The van der Waals surface area contributed by atoms with Gasteiger partial charge in [-0.3, -0.25) is 10.1 Å². The maximum absolute atomic E-state index is 13.0. The van der Waals surface area contributed by atoms with Crippen molar-refractivity contribution >= 4 is 5.91 Å². The number of nitrogens with one attached hydrogen (secondary N) is 1. The maximum atomic E-state index is 13.0. The molecular formula is C11H18F4N2O. The molecule has 1 heterocycles. The Morgan fingerprint density at radius 2 is 2.00 bits per heavy atom. The summed E-state index contributed by atoms with van der Waals surface area (Å²) in [6, 6.07) is -0.546. The second kappa shape index (κ2) is 5.86. The molecule has 0 aromatic heterocycles. The summed E-state index contributed by atoms with van der Waals surface area (Å²) in [5, 5.41) is 2.90. The molecule has 1 N–H and O–H groups in total. The zero-order chi connectivity index (χ0) is 13.9. The molecular weight excluding hydrogens is 252 g/mol. The van der Waals surface area contributed by atoms with Crippen molar-refractivity contribution in [2.75, 3.05) is 6.54 Å². The van der Waals surface area contributed by atoms with Crippen molar-refractivity contribution in [3.05, 3.63) is 0 Å². The van der Waals surface area contributed by atoms with Crippen molar-refractivity contribution in [1.29, 1.82) is 0 Å². The van der Waals surface area contributed by atoms with E-state index in [0.717, 1.165) is 4.90 Å². The lowest BCUT2D eigenvalue weighted by atomic mass is 10.2.